The van der Waals surface area contributed by atoms with Gasteiger partial charge in [0.15, 0.2) is 0 Å². The highest BCUT2D eigenvalue weighted by Crippen LogP contribution is 2.41. The molecule has 1 fully saturated rings. The van der Waals surface area contributed by atoms with Gasteiger partial charge in [0.2, 0.25) is 0 Å². The number of Topliss-reactive ketones (excluding diaryl/α,β-unsaturated/α-hetero) is 1. The summed E-state index contributed by atoms with van der Waals surface area (Å²) in [5.74, 6) is 2.71. The van der Waals surface area contributed by atoms with E-state index < -0.39 is 0 Å². The van der Waals surface area contributed by atoms with Gasteiger partial charge in [-0.3, -0.25) is 4.79 Å². The molecule has 80 valence electrons. The molecule has 0 saturated heterocycles. The van der Waals surface area contributed by atoms with Crippen LogP contribution in [0.3, 0.4) is 0 Å². The van der Waals surface area contributed by atoms with Crippen LogP contribution in [0.1, 0.15) is 34.1 Å². The number of rotatable bonds is 2. The third-order valence-corrected chi connectivity index (χ3v) is 3.75. The van der Waals surface area contributed by atoms with E-state index in [4.69, 9.17) is 0 Å². The first-order valence-electron chi connectivity index (χ1n) is 5.64. The van der Waals surface area contributed by atoms with E-state index in [0.29, 0.717) is 29.5 Å². The molecule has 0 radical (unpaired) electrons. The minimum absolute atomic E-state index is 0.217. The molecule has 0 bridgehead atoms. The maximum atomic E-state index is 11.7. The van der Waals surface area contributed by atoms with E-state index in [9.17, 15) is 4.79 Å². The van der Waals surface area contributed by atoms with Crippen molar-refractivity contribution < 1.29 is 4.79 Å². The average Bonchev–Trinajstić information content (AvgIpc) is 2.10. The summed E-state index contributed by atoms with van der Waals surface area (Å²) in [5.41, 5.74) is 0. The first kappa shape index (κ1) is 11.5. The van der Waals surface area contributed by atoms with E-state index in [1.54, 1.807) is 0 Å². The van der Waals surface area contributed by atoms with E-state index in [0.717, 1.165) is 6.42 Å². The fraction of sp³-hybridized carbons (Fsp3) is 0.769. The molecule has 1 rings (SSSR count). The molecule has 0 aromatic rings. The van der Waals surface area contributed by atoms with Crippen LogP contribution in [0, 0.1) is 29.6 Å². The molecular formula is C13H22O. The normalized spacial score (nSPS) is 38.8. The molecule has 1 saturated carbocycles. The molecule has 1 aliphatic carbocycles. The minimum atomic E-state index is 0.217. The lowest BCUT2D eigenvalue weighted by Crippen LogP contribution is -2.40. The lowest BCUT2D eigenvalue weighted by atomic mass is 9.63. The summed E-state index contributed by atoms with van der Waals surface area (Å²) in [6, 6.07) is 0. The lowest BCUT2D eigenvalue weighted by Gasteiger charge is -2.40. The van der Waals surface area contributed by atoms with Crippen molar-refractivity contribution in [3.8, 4) is 0 Å². The second kappa shape index (κ2) is 4.29. The second-order valence-electron chi connectivity index (χ2n) is 5.07. The fourth-order valence-electron chi connectivity index (χ4n) is 2.98. The van der Waals surface area contributed by atoms with Crippen LogP contribution >= 0.6 is 0 Å². The highest BCUT2D eigenvalue weighted by molar-refractivity contribution is 5.82. The van der Waals surface area contributed by atoms with Gasteiger partial charge in [-0.15, -0.1) is 6.58 Å². The van der Waals surface area contributed by atoms with Crippen LogP contribution in [-0.4, -0.2) is 5.78 Å². The van der Waals surface area contributed by atoms with Crippen molar-refractivity contribution >= 4 is 5.78 Å². The largest absolute Gasteiger partial charge is 0.299 e. The molecule has 0 aromatic carbocycles. The van der Waals surface area contributed by atoms with E-state index in [2.05, 4.69) is 40.3 Å². The first-order chi connectivity index (χ1) is 6.49. The molecule has 0 aliphatic heterocycles. The van der Waals surface area contributed by atoms with Crippen LogP contribution < -0.4 is 0 Å². The van der Waals surface area contributed by atoms with Crippen molar-refractivity contribution in [2.75, 3.05) is 0 Å². The highest BCUT2D eigenvalue weighted by atomic mass is 16.1. The van der Waals surface area contributed by atoms with Crippen LogP contribution in [0.4, 0.5) is 0 Å². The predicted molar refractivity (Wildman–Crippen MR) is 60.0 cm³/mol. The van der Waals surface area contributed by atoms with Crippen LogP contribution in [0.2, 0.25) is 0 Å². The summed E-state index contributed by atoms with van der Waals surface area (Å²) in [7, 11) is 0. The zero-order valence-electron chi connectivity index (χ0n) is 9.79. The maximum Gasteiger partial charge on any atom is 0.136 e. The van der Waals surface area contributed by atoms with Crippen molar-refractivity contribution in [1.82, 2.24) is 0 Å². The van der Waals surface area contributed by atoms with Crippen molar-refractivity contribution in [3.05, 3.63) is 12.7 Å². The first-order valence-corrected chi connectivity index (χ1v) is 5.64. The molecule has 1 heteroatoms. The Kier molecular flexibility index (Phi) is 3.52. The fourth-order valence-corrected chi connectivity index (χ4v) is 2.98. The summed E-state index contributed by atoms with van der Waals surface area (Å²) in [6.45, 7) is 12.6. The Morgan fingerprint density at radius 1 is 1.43 bits per heavy atom. The van der Waals surface area contributed by atoms with Gasteiger partial charge in [0.05, 0.1) is 0 Å². The van der Waals surface area contributed by atoms with Gasteiger partial charge in [-0.05, 0) is 23.7 Å². The minimum Gasteiger partial charge on any atom is -0.299 e. The summed E-state index contributed by atoms with van der Waals surface area (Å²) in [6.07, 6.45) is 2.79. The average molecular weight is 194 g/mol. The van der Waals surface area contributed by atoms with Gasteiger partial charge in [-0.1, -0.05) is 33.8 Å². The van der Waals surface area contributed by atoms with Gasteiger partial charge >= 0.3 is 0 Å². The van der Waals surface area contributed by atoms with E-state index in [1.807, 2.05) is 0 Å². The van der Waals surface area contributed by atoms with Crippen molar-refractivity contribution in [2.45, 2.75) is 34.1 Å². The third-order valence-electron chi connectivity index (χ3n) is 3.75. The predicted octanol–water partition coefficient (Wildman–Crippen LogP) is 3.31. The summed E-state index contributed by atoms with van der Waals surface area (Å²) in [4.78, 5) is 11.7. The summed E-state index contributed by atoms with van der Waals surface area (Å²) < 4.78 is 0. The molecule has 0 spiro atoms. The molecule has 4 atom stereocenters. The van der Waals surface area contributed by atoms with Gasteiger partial charge in [0.25, 0.3) is 0 Å². The molecular weight excluding hydrogens is 172 g/mol. The van der Waals surface area contributed by atoms with Crippen molar-refractivity contribution in [3.63, 3.8) is 0 Å². The third kappa shape index (κ3) is 1.92. The second-order valence-corrected chi connectivity index (χ2v) is 5.07. The Morgan fingerprint density at radius 2 is 2.00 bits per heavy atom. The molecule has 14 heavy (non-hydrogen) atoms. The SMILES string of the molecule is C=C[C@H]1[C@H](C(C)C)[C@@H](C)C(=O)C[C@H]1C. The molecule has 0 amide bonds. The van der Waals surface area contributed by atoms with Gasteiger partial charge in [-0.25, -0.2) is 0 Å². The zero-order valence-corrected chi connectivity index (χ0v) is 9.79. The van der Waals surface area contributed by atoms with Gasteiger partial charge in [0, 0.05) is 12.3 Å². The Balaban J connectivity index is 2.92. The Morgan fingerprint density at radius 3 is 2.43 bits per heavy atom. The zero-order chi connectivity index (χ0) is 10.9. The quantitative estimate of drug-likeness (QED) is 0.616. The van der Waals surface area contributed by atoms with E-state index in [-0.39, 0.29) is 5.92 Å². The Labute approximate surface area is 87.6 Å². The topological polar surface area (TPSA) is 17.1 Å². The molecule has 0 N–H and O–H groups in total. The van der Waals surface area contributed by atoms with Crippen LogP contribution in [0.25, 0.3) is 0 Å². The van der Waals surface area contributed by atoms with Gasteiger partial charge < -0.3 is 0 Å². The summed E-state index contributed by atoms with van der Waals surface area (Å²) in [5, 5.41) is 0. The smallest absolute Gasteiger partial charge is 0.136 e. The number of allylic oxidation sites excluding steroid dienone is 1. The maximum absolute atomic E-state index is 11.7. The number of hydrogen-bond acceptors (Lipinski definition) is 1. The van der Waals surface area contributed by atoms with Crippen molar-refractivity contribution in [2.24, 2.45) is 29.6 Å². The van der Waals surface area contributed by atoms with E-state index >= 15 is 0 Å². The monoisotopic (exact) mass is 194 g/mol. The standard InChI is InChI=1S/C13H22O/c1-6-11-9(4)7-12(14)10(5)13(11)8(2)3/h6,8-11,13H,1,7H2,2-5H3/t9-,10+,11-,13-/m1/s1. The Hall–Kier alpha value is -0.590. The molecule has 1 aliphatic rings. The number of hydrogen-bond donors (Lipinski definition) is 0. The molecule has 1 nitrogen and oxygen atoms in total. The summed E-state index contributed by atoms with van der Waals surface area (Å²) >= 11 is 0. The lowest BCUT2D eigenvalue weighted by molar-refractivity contribution is -0.130. The molecule has 0 aromatic heterocycles. The Bertz CT molecular complexity index is 229. The number of ketones is 1. The van der Waals surface area contributed by atoms with Gasteiger partial charge in [0.1, 0.15) is 5.78 Å². The van der Waals surface area contributed by atoms with Crippen LogP contribution in [0.15, 0.2) is 12.7 Å². The molecule has 0 unspecified atom stereocenters. The number of carbonyl (C=O) groups is 1. The van der Waals surface area contributed by atoms with Crippen LogP contribution in [0.5, 0.6) is 0 Å². The van der Waals surface area contributed by atoms with Crippen molar-refractivity contribution in [1.29, 1.82) is 0 Å². The van der Waals surface area contributed by atoms with Gasteiger partial charge in [-0.2, -0.15) is 0 Å². The molecule has 0 heterocycles. The van der Waals surface area contributed by atoms with E-state index in [1.165, 1.54) is 0 Å². The van der Waals surface area contributed by atoms with Crippen LogP contribution in [-0.2, 0) is 4.79 Å². The highest BCUT2D eigenvalue weighted by Gasteiger charge is 2.39. The number of carbonyl (C=O) groups excluding carboxylic acids is 1.